The van der Waals surface area contributed by atoms with Crippen LogP contribution in [0.25, 0.3) is 0 Å². The van der Waals surface area contributed by atoms with E-state index in [0.717, 1.165) is 5.56 Å². The van der Waals surface area contributed by atoms with Crippen molar-refractivity contribution in [2.75, 3.05) is 0 Å². The zero-order chi connectivity index (χ0) is 13.1. The molecule has 1 aromatic rings. The highest BCUT2D eigenvalue weighted by Gasteiger charge is 2.04. The van der Waals surface area contributed by atoms with Crippen LogP contribution in [0.2, 0.25) is 0 Å². The molecular weight excluding hydrogens is 218 g/mol. The zero-order valence-electron chi connectivity index (χ0n) is 10.3. The van der Waals surface area contributed by atoms with Crippen molar-refractivity contribution in [3.05, 3.63) is 35.9 Å². The average Bonchev–Trinajstić information content (AvgIpc) is 2.37. The van der Waals surface area contributed by atoms with E-state index in [9.17, 15) is 9.59 Å². The molecule has 0 aliphatic heterocycles. The lowest BCUT2D eigenvalue weighted by molar-refractivity contribution is -0.138. The van der Waals surface area contributed by atoms with E-state index < -0.39 is 5.97 Å². The second-order valence-electron chi connectivity index (χ2n) is 3.16. The molecule has 2 N–H and O–H groups in total. The Kier molecular flexibility index (Phi) is 8.37. The molecule has 0 fully saturated rings. The minimum atomic E-state index is -0.954. The van der Waals surface area contributed by atoms with Gasteiger partial charge in [-0.2, -0.15) is 0 Å². The number of hydrogen-bond acceptors (Lipinski definition) is 2. The molecule has 0 aliphatic rings. The maximum Gasteiger partial charge on any atom is 0.303 e. The molecule has 94 valence electrons. The van der Waals surface area contributed by atoms with Gasteiger partial charge >= 0.3 is 5.97 Å². The molecule has 0 bridgehead atoms. The van der Waals surface area contributed by atoms with Gasteiger partial charge in [0.1, 0.15) is 0 Å². The van der Waals surface area contributed by atoms with E-state index in [4.69, 9.17) is 5.11 Å². The molecule has 0 aliphatic carbocycles. The fraction of sp³-hybridized carbons (Fsp3) is 0.385. The van der Waals surface area contributed by atoms with E-state index in [1.165, 1.54) is 0 Å². The molecule has 0 radical (unpaired) electrons. The van der Waals surface area contributed by atoms with Crippen molar-refractivity contribution in [1.82, 2.24) is 5.32 Å². The van der Waals surface area contributed by atoms with E-state index in [-0.39, 0.29) is 18.7 Å². The number of hydrogen-bond donors (Lipinski definition) is 2. The predicted molar refractivity (Wildman–Crippen MR) is 66.5 cm³/mol. The quantitative estimate of drug-likeness (QED) is 0.825. The van der Waals surface area contributed by atoms with Gasteiger partial charge in [-0.05, 0) is 5.56 Å². The SMILES string of the molecule is CC.O=C(O)CCC(=O)NCc1ccccc1. The van der Waals surface area contributed by atoms with Gasteiger partial charge in [0.15, 0.2) is 0 Å². The maximum absolute atomic E-state index is 11.1. The standard InChI is InChI=1S/C11H13NO3.C2H6/c13-10(6-7-11(14)15)12-8-9-4-2-1-3-5-9;1-2/h1-5H,6-8H2,(H,12,13)(H,14,15);1-2H3. The summed E-state index contributed by atoms with van der Waals surface area (Å²) >= 11 is 0. The number of benzene rings is 1. The highest BCUT2D eigenvalue weighted by atomic mass is 16.4. The molecule has 0 unspecified atom stereocenters. The first-order chi connectivity index (χ1) is 8.18. The van der Waals surface area contributed by atoms with Gasteiger partial charge in [-0.25, -0.2) is 0 Å². The van der Waals surface area contributed by atoms with Crippen molar-refractivity contribution in [3.63, 3.8) is 0 Å². The van der Waals surface area contributed by atoms with Crippen LogP contribution in [0, 0.1) is 0 Å². The smallest absolute Gasteiger partial charge is 0.303 e. The number of aliphatic carboxylic acids is 1. The van der Waals surface area contributed by atoms with Crippen LogP contribution in [0.5, 0.6) is 0 Å². The summed E-state index contributed by atoms with van der Waals surface area (Å²) in [6, 6.07) is 9.47. The van der Waals surface area contributed by atoms with Gasteiger partial charge in [0.05, 0.1) is 6.42 Å². The van der Waals surface area contributed by atoms with Crippen LogP contribution < -0.4 is 5.32 Å². The van der Waals surface area contributed by atoms with Gasteiger partial charge in [0, 0.05) is 13.0 Å². The van der Waals surface area contributed by atoms with Crippen molar-refractivity contribution in [2.45, 2.75) is 33.2 Å². The Morgan fingerprint density at radius 2 is 1.71 bits per heavy atom. The van der Waals surface area contributed by atoms with Gasteiger partial charge in [-0.3, -0.25) is 9.59 Å². The Morgan fingerprint density at radius 1 is 1.12 bits per heavy atom. The number of amides is 1. The van der Waals surface area contributed by atoms with E-state index in [1.807, 2.05) is 44.2 Å². The molecule has 0 aromatic heterocycles. The van der Waals surface area contributed by atoms with Gasteiger partial charge in [-0.1, -0.05) is 44.2 Å². The van der Waals surface area contributed by atoms with Gasteiger partial charge < -0.3 is 10.4 Å². The lowest BCUT2D eigenvalue weighted by Gasteiger charge is -2.03. The number of rotatable bonds is 5. The molecule has 4 heteroatoms. The summed E-state index contributed by atoms with van der Waals surface area (Å²) in [6.45, 7) is 4.44. The number of nitrogens with one attached hydrogen (secondary N) is 1. The largest absolute Gasteiger partial charge is 0.481 e. The van der Waals surface area contributed by atoms with Crippen LogP contribution in [-0.2, 0) is 16.1 Å². The molecule has 17 heavy (non-hydrogen) atoms. The van der Waals surface area contributed by atoms with Crippen molar-refractivity contribution < 1.29 is 14.7 Å². The number of carboxylic acid groups (broad SMARTS) is 1. The molecule has 1 aromatic carbocycles. The average molecular weight is 237 g/mol. The molecule has 0 saturated carbocycles. The summed E-state index contributed by atoms with van der Waals surface area (Å²) in [5.41, 5.74) is 1.00. The first-order valence-electron chi connectivity index (χ1n) is 5.71. The Balaban J connectivity index is 0.00000121. The summed E-state index contributed by atoms with van der Waals surface area (Å²) in [6.07, 6.45) is -0.0945. The normalized spacial score (nSPS) is 8.82. The van der Waals surface area contributed by atoms with Crippen LogP contribution in [0.3, 0.4) is 0 Å². The van der Waals surface area contributed by atoms with Crippen LogP contribution in [-0.4, -0.2) is 17.0 Å². The third-order valence-electron chi connectivity index (χ3n) is 1.90. The Hall–Kier alpha value is -1.84. The summed E-state index contributed by atoms with van der Waals surface area (Å²) < 4.78 is 0. The van der Waals surface area contributed by atoms with Gasteiger partial charge in [0.2, 0.25) is 5.91 Å². The van der Waals surface area contributed by atoms with Crippen LogP contribution in [0.1, 0.15) is 32.3 Å². The van der Waals surface area contributed by atoms with Crippen molar-refractivity contribution >= 4 is 11.9 Å². The van der Waals surface area contributed by atoms with Gasteiger partial charge in [0.25, 0.3) is 0 Å². The second kappa shape index (κ2) is 9.39. The lowest BCUT2D eigenvalue weighted by atomic mass is 10.2. The Labute approximate surface area is 102 Å². The minimum Gasteiger partial charge on any atom is -0.481 e. The highest BCUT2D eigenvalue weighted by molar-refractivity contribution is 5.80. The summed E-state index contributed by atoms with van der Waals surface area (Å²) in [5.74, 6) is -1.19. The van der Waals surface area contributed by atoms with Crippen molar-refractivity contribution in [2.24, 2.45) is 0 Å². The van der Waals surface area contributed by atoms with Crippen LogP contribution in [0.4, 0.5) is 0 Å². The zero-order valence-corrected chi connectivity index (χ0v) is 10.3. The Bertz CT molecular complexity index is 336. The number of carbonyl (C=O) groups is 2. The molecule has 0 heterocycles. The molecule has 1 rings (SSSR count). The molecule has 0 atom stereocenters. The first kappa shape index (κ1) is 15.2. The molecule has 1 amide bonds. The highest BCUT2D eigenvalue weighted by Crippen LogP contribution is 1.98. The van der Waals surface area contributed by atoms with Crippen molar-refractivity contribution in [3.8, 4) is 0 Å². The molecule has 0 spiro atoms. The fourth-order valence-corrected chi connectivity index (χ4v) is 1.11. The minimum absolute atomic E-state index is 0.0299. The summed E-state index contributed by atoms with van der Waals surface area (Å²) in [5, 5.41) is 11.0. The summed E-state index contributed by atoms with van der Waals surface area (Å²) in [7, 11) is 0. The van der Waals surface area contributed by atoms with Crippen molar-refractivity contribution in [1.29, 1.82) is 0 Å². The molecular formula is C13H19NO3. The second-order valence-corrected chi connectivity index (χ2v) is 3.16. The Morgan fingerprint density at radius 3 is 2.24 bits per heavy atom. The first-order valence-corrected chi connectivity index (χ1v) is 5.71. The van der Waals surface area contributed by atoms with E-state index in [0.29, 0.717) is 6.54 Å². The number of carboxylic acids is 1. The van der Waals surface area contributed by atoms with E-state index >= 15 is 0 Å². The summed E-state index contributed by atoms with van der Waals surface area (Å²) in [4.78, 5) is 21.3. The maximum atomic E-state index is 11.1. The monoisotopic (exact) mass is 237 g/mol. The van der Waals surface area contributed by atoms with Crippen LogP contribution in [0.15, 0.2) is 30.3 Å². The van der Waals surface area contributed by atoms with Crippen LogP contribution >= 0.6 is 0 Å². The van der Waals surface area contributed by atoms with Gasteiger partial charge in [-0.15, -0.1) is 0 Å². The third kappa shape index (κ3) is 8.02. The topological polar surface area (TPSA) is 66.4 Å². The predicted octanol–water partition coefficient (Wildman–Crippen LogP) is 2.19. The van der Waals surface area contributed by atoms with E-state index in [2.05, 4.69) is 5.32 Å². The molecule has 4 nitrogen and oxygen atoms in total. The molecule has 0 saturated heterocycles. The lowest BCUT2D eigenvalue weighted by Crippen LogP contribution is -2.23. The fourth-order valence-electron chi connectivity index (χ4n) is 1.11. The number of carbonyl (C=O) groups excluding carboxylic acids is 1. The third-order valence-corrected chi connectivity index (χ3v) is 1.90. The van der Waals surface area contributed by atoms with E-state index in [1.54, 1.807) is 0 Å².